The maximum atomic E-state index is 13.7. The van der Waals surface area contributed by atoms with Crippen LogP contribution in [0.1, 0.15) is 29.2 Å². The number of guanidine groups is 1. The molecule has 0 aromatic heterocycles. The van der Waals surface area contributed by atoms with E-state index in [1.807, 2.05) is 13.0 Å². The zero-order chi connectivity index (χ0) is 20.7. The standard InChI is InChI=1S/C20H25F2N3O2S.HI/c1-4-23-20(24-11-15-6-5-14(2)19(22)9-15)25-12-17-10-18(21)8-7-16(17)13-28(3,26)27;/h5-10H,4,11-13H2,1-3H3,(H2,23,24,25);1H. The highest BCUT2D eigenvalue weighted by molar-refractivity contribution is 14.0. The van der Waals surface area contributed by atoms with E-state index >= 15 is 0 Å². The zero-order valence-electron chi connectivity index (χ0n) is 16.6. The van der Waals surface area contributed by atoms with Crippen molar-refractivity contribution < 1.29 is 17.2 Å². The molecule has 0 atom stereocenters. The van der Waals surface area contributed by atoms with Crippen LogP contribution in [-0.4, -0.2) is 27.2 Å². The van der Waals surface area contributed by atoms with Crippen molar-refractivity contribution >= 4 is 39.8 Å². The second-order valence-electron chi connectivity index (χ2n) is 6.62. The van der Waals surface area contributed by atoms with E-state index in [0.29, 0.717) is 29.2 Å². The molecule has 0 spiro atoms. The van der Waals surface area contributed by atoms with Crippen molar-refractivity contribution in [2.24, 2.45) is 4.99 Å². The van der Waals surface area contributed by atoms with Gasteiger partial charge < -0.3 is 10.6 Å². The fourth-order valence-corrected chi connectivity index (χ4v) is 3.45. The van der Waals surface area contributed by atoms with Crippen LogP contribution in [0.4, 0.5) is 8.78 Å². The fourth-order valence-electron chi connectivity index (χ4n) is 2.61. The lowest BCUT2D eigenvalue weighted by Gasteiger charge is -2.14. The molecule has 0 unspecified atom stereocenters. The van der Waals surface area contributed by atoms with Gasteiger partial charge in [0.2, 0.25) is 0 Å². The Morgan fingerprint density at radius 3 is 2.41 bits per heavy atom. The molecule has 0 aliphatic heterocycles. The van der Waals surface area contributed by atoms with Gasteiger partial charge in [-0.05, 0) is 54.3 Å². The molecule has 0 saturated heterocycles. The number of hydrogen-bond acceptors (Lipinski definition) is 3. The van der Waals surface area contributed by atoms with E-state index in [1.54, 1.807) is 13.0 Å². The summed E-state index contributed by atoms with van der Waals surface area (Å²) in [7, 11) is -3.25. The first kappa shape index (κ1) is 25.3. The second kappa shape index (κ2) is 11.4. The molecule has 0 heterocycles. The number of benzene rings is 2. The minimum atomic E-state index is -3.25. The van der Waals surface area contributed by atoms with E-state index in [9.17, 15) is 17.2 Å². The Kier molecular flexibility index (Phi) is 9.97. The van der Waals surface area contributed by atoms with Gasteiger partial charge in [-0.1, -0.05) is 18.2 Å². The van der Waals surface area contributed by atoms with E-state index in [-0.39, 0.29) is 48.6 Å². The fraction of sp³-hybridized carbons (Fsp3) is 0.350. The molecule has 2 rings (SSSR count). The van der Waals surface area contributed by atoms with Gasteiger partial charge in [0.15, 0.2) is 15.8 Å². The van der Waals surface area contributed by atoms with Gasteiger partial charge in [-0.25, -0.2) is 22.2 Å². The normalized spacial score (nSPS) is 11.7. The Morgan fingerprint density at radius 1 is 1.07 bits per heavy atom. The summed E-state index contributed by atoms with van der Waals surface area (Å²) in [4.78, 5) is 4.41. The third kappa shape index (κ3) is 8.65. The van der Waals surface area contributed by atoms with Crippen LogP contribution in [0.3, 0.4) is 0 Å². The third-order valence-corrected chi connectivity index (χ3v) is 4.87. The molecule has 0 bridgehead atoms. The summed E-state index contributed by atoms with van der Waals surface area (Å²) >= 11 is 0. The van der Waals surface area contributed by atoms with E-state index < -0.39 is 15.7 Å². The Balaban J connectivity index is 0.00000420. The monoisotopic (exact) mass is 537 g/mol. The van der Waals surface area contributed by atoms with Crippen molar-refractivity contribution in [3.63, 3.8) is 0 Å². The molecule has 160 valence electrons. The average molecular weight is 537 g/mol. The Hall–Kier alpha value is -1.75. The minimum Gasteiger partial charge on any atom is -0.357 e. The van der Waals surface area contributed by atoms with Gasteiger partial charge >= 0.3 is 0 Å². The van der Waals surface area contributed by atoms with Gasteiger partial charge in [0.25, 0.3) is 0 Å². The predicted octanol–water partition coefficient (Wildman–Crippen LogP) is 3.69. The number of nitrogens with one attached hydrogen (secondary N) is 2. The topological polar surface area (TPSA) is 70.6 Å². The number of nitrogens with zero attached hydrogens (tertiary/aromatic N) is 1. The van der Waals surface area contributed by atoms with E-state index in [4.69, 9.17) is 0 Å². The molecule has 9 heteroatoms. The summed E-state index contributed by atoms with van der Waals surface area (Å²) in [6, 6.07) is 8.99. The number of aliphatic imine (C=N–C) groups is 1. The lowest BCUT2D eigenvalue weighted by atomic mass is 10.1. The molecule has 2 aromatic carbocycles. The molecule has 29 heavy (non-hydrogen) atoms. The first-order chi connectivity index (χ1) is 13.2. The summed E-state index contributed by atoms with van der Waals surface area (Å²) in [5.41, 5.74) is 2.37. The van der Waals surface area contributed by atoms with Crippen molar-refractivity contribution in [2.75, 3.05) is 12.8 Å². The van der Waals surface area contributed by atoms with Crippen molar-refractivity contribution in [1.82, 2.24) is 10.6 Å². The molecule has 0 amide bonds. The summed E-state index contributed by atoms with van der Waals surface area (Å²) in [6.45, 7) is 4.68. The average Bonchev–Trinajstić information content (AvgIpc) is 2.61. The number of rotatable bonds is 7. The molecule has 0 aliphatic rings. The van der Waals surface area contributed by atoms with Crippen molar-refractivity contribution in [2.45, 2.75) is 32.7 Å². The lowest BCUT2D eigenvalue weighted by molar-refractivity contribution is 0.599. The highest BCUT2D eigenvalue weighted by Gasteiger charge is 2.11. The molecule has 0 radical (unpaired) electrons. The molecule has 0 saturated carbocycles. The van der Waals surface area contributed by atoms with Gasteiger partial charge in [-0.2, -0.15) is 0 Å². The summed E-state index contributed by atoms with van der Waals surface area (Å²) < 4.78 is 50.5. The summed E-state index contributed by atoms with van der Waals surface area (Å²) in [6.07, 6.45) is 1.14. The Labute approximate surface area is 188 Å². The maximum Gasteiger partial charge on any atom is 0.191 e. The Morgan fingerprint density at radius 2 is 1.79 bits per heavy atom. The van der Waals surface area contributed by atoms with E-state index in [1.165, 1.54) is 24.3 Å². The lowest BCUT2D eigenvalue weighted by Crippen LogP contribution is -2.37. The molecule has 5 nitrogen and oxygen atoms in total. The summed E-state index contributed by atoms with van der Waals surface area (Å²) in [5.74, 6) is -0.416. The number of sulfone groups is 1. The van der Waals surface area contributed by atoms with Crippen LogP contribution in [0, 0.1) is 18.6 Å². The highest BCUT2D eigenvalue weighted by Crippen LogP contribution is 2.15. The van der Waals surface area contributed by atoms with Crippen LogP contribution in [0.5, 0.6) is 0 Å². The minimum absolute atomic E-state index is 0. The second-order valence-corrected chi connectivity index (χ2v) is 8.76. The van der Waals surface area contributed by atoms with Crippen LogP contribution in [0.25, 0.3) is 0 Å². The van der Waals surface area contributed by atoms with E-state index in [0.717, 1.165) is 11.8 Å². The van der Waals surface area contributed by atoms with Crippen molar-refractivity contribution in [3.05, 3.63) is 70.3 Å². The van der Waals surface area contributed by atoms with Crippen LogP contribution in [-0.2, 0) is 28.7 Å². The van der Waals surface area contributed by atoms with Crippen molar-refractivity contribution in [3.8, 4) is 0 Å². The van der Waals surface area contributed by atoms with Crippen LogP contribution in [0.2, 0.25) is 0 Å². The van der Waals surface area contributed by atoms with Crippen LogP contribution >= 0.6 is 24.0 Å². The number of hydrogen-bond donors (Lipinski definition) is 2. The molecular formula is C20H26F2IN3O2S. The quantitative estimate of drug-likeness (QED) is 0.321. The zero-order valence-corrected chi connectivity index (χ0v) is 19.8. The third-order valence-electron chi connectivity index (χ3n) is 4.03. The van der Waals surface area contributed by atoms with Crippen LogP contribution in [0.15, 0.2) is 41.4 Å². The largest absolute Gasteiger partial charge is 0.357 e. The van der Waals surface area contributed by atoms with Gasteiger partial charge in [0.1, 0.15) is 11.6 Å². The van der Waals surface area contributed by atoms with Crippen molar-refractivity contribution in [1.29, 1.82) is 0 Å². The molecular weight excluding hydrogens is 511 g/mol. The number of aryl methyl sites for hydroxylation is 1. The van der Waals surface area contributed by atoms with Crippen LogP contribution < -0.4 is 10.6 Å². The smallest absolute Gasteiger partial charge is 0.191 e. The first-order valence-electron chi connectivity index (χ1n) is 8.90. The Bertz CT molecular complexity index is 966. The highest BCUT2D eigenvalue weighted by atomic mass is 127. The molecule has 0 aliphatic carbocycles. The predicted molar refractivity (Wildman–Crippen MR) is 123 cm³/mol. The number of halogens is 3. The van der Waals surface area contributed by atoms with Gasteiger partial charge in [-0.15, -0.1) is 24.0 Å². The molecule has 2 aromatic rings. The summed E-state index contributed by atoms with van der Waals surface area (Å²) in [5, 5.41) is 6.13. The van der Waals surface area contributed by atoms with Gasteiger partial charge in [0, 0.05) is 19.3 Å². The van der Waals surface area contributed by atoms with Gasteiger partial charge in [-0.3, -0.25) is 0 Å². The molecule has 2 N–H and O–H groups in total. The molecule has 0 fully saturated rings. The van der Waals surface area contributed by atoms with Gasteiger partial charge in [0.05, 0.1) is 12.3 Å². The van der Waals surface area contributed by atoms with E-state index in [2.05, 4.69) is 15.6 Å². The maximum absolute atomic E-state index is 13.7. The SMILES string of the molecule is CCNC(=NCc1ccc(C)c(F)c1)NCc1cc(F)ccc1CS(C)(=O)=O.I. The first-order valence-corrected chi connectivity index (χ1v) is 11.0.